The van der Waals surface area contributed by atoms with Crippen molar-refractivity contribution < 1.29 is 4.79 Å². The third-order valence-electron chi connectivity index (χ3n) is 1.62. The van der Waals surface area contributed by atoms with Crippen LogP contribution in [-0.4, -0.2) is 10.9 Å². The Balaban J connectivity index is 2.75. The highest BCUT2D eigenvalue weighted by molar-refractivity contribution is 5.87. The number of carbonyl (C=O) groups excluding carboxylic acids is 1. The van der Waals surface area contributed by atoms with Crippen LogP contribution in [0.1, 0.15) is 25.5 Å². The van der Waals surface area contributed by atoms with Crippen LogP contribution in [0.15, 0.2) is 18.3 Å². The van der Waals surface area contributed by atoms with Gasteiger partial charge in [0.05, 0.1) is 0 Å². The Hall–Kier alpha value is -1.42. The summed E-state index contributed by atoms with van der Waals surface area (Å²) in [6.45, 7) is 3.33. The number of anilines is 1. The summed E-state index contributed by atoms with van der Waals surface area (Å²) < 4.78 is 0. The molecule has 0 aliphatic rings. The highest BCUT2D eigenvalue weighted by Gasteiger charge is 2.00. The maximum atomic E-state index is 10.7. The Kier molecular flexibility index (Phi) is 2.97. The summed E-state index contributed by atoms with van der Waals surface area (Å²) in [6, 6.07) is 3.56. The summed E-state index contributed by atoms with van der Waals surface area (Å²) in [5.41, 5.74) is 6.59. The zero-order chi connectivity index (χ0) is 9.84. The summed E-state index contributed by atoms with van der Waals surface area (Å²) in [5, 5.41) is 2.58. The van der Waals surface area contributed by atoms with Crippen molar-refractivity contribution in [1.82, 2.24) is 4.98 Å². The fraction of sp³-hybridized carbons (Fsp3) is 0.333. The number of rotatable bonds is 2. The van der Waals surface area contributed by atoms with Crippen LogP contribution >= 0.6 is 0 Å². The number of aromatic nitrogens is 1. The SMILES string of the molecule is CC(=O)Nc1ccc(C(C)N)cn1. The van der Waals surface area contributed by atoms with Gasteiger partial charge in [-0.3, -0.25) is 4.79 Å². The van der Waals surface area contributed by atoms with Crippen LogP contribution in [-0.2, 0) is 4.79 Å². The molecule has 4 heteroatoms. The third-order valence-corrected chi connectivity index (χ3v) is 1.62. The molecule has 0 bridgehead atoms. The van der Waals surface area contributed by atoms with E-state index < -0.39 is 0 Å². The van der Waals surface area contributed by atoms with E-state index in [0.717, 1.165) is 5.56 Å². The lowest BCUT2D eigenvalue weighted by Crippen LogP contribution is -2.09. The quantitative estimate of drug-likeness (QED) is 0.713. The van der Waals surface area contributed by atoms with Gasteiger partial charge in [-0.2, -0.15) is 0 Å². The largest absolute Gasteiger partial charge is 0.324 e. The molecule has 1 atom stereocenters. The van der Waals surface area contributed by atoms with Crippen molar-refractivity contribution in [3.8, 4) is 0 Å². The Morgan fingerprint density at radius 1 is 1.62 bits per heavy atom. The van der Waals surface area contributed by atoms with Gasteiger partial charge < -0.3 is 11.1 Å². The average Bonchev–Trinajstić information content (AvgIpc) is 2.04. The van der Waals surface area contributed by atoms with Crippen LogP contribution in [0.25, 0.3) is 0 Å². The molecule has 0 spiro atoms. The summed E-state index contributed by atoms with van der Waals surface area (Å²) in [4.78, 5) is 14.7. The van der Waals surface area contributed by atoms with E-state index in [1.807, 2.05) is 13.0 Å². The fourth-order valence-corrected chi connectivity index (χ4v) is 0.929. The van der Waals surface area contributed by atoms with Crippen LogP contribution in [0.5, 0.6) is 0 Å². The molecule has 0 radical (unpaired) electrons. The first-order valence-corrected chi connectivity index (χ1v) is 4.08. The van der Waals surface area contributed by atoms with E-state index >= 15 is 0 Å². The molecular formula is C9H13N3O. The number of hydrogen-bond donors (Lipinski definition) is 2. The van der Waals surface area contributed by atoms with E-state index in [0.29, 0.717) is 5.82 Å². The second-order valence-electron chi connectivity index (χ2n) is 2.95. The van der Waals surface area contributed by atoms with E-state index in [1.54, 1.807) is 12.3 Å². The molecule has 1 amide bonds. The minimum Gasteiger partial charge on any atom is -0.324 e. The van der Waals surface area contributed by atoms with E-state index in [-0.39, 0.29) is 11.9 Å². The predicted molar refractivity (Wildman–Crippen MR) is 51.1 cm³/mol. The van der Waals surface area contributed by atoms with Gasteiger partial charge in [0.1, 0.15) is 5.82 Å². The Labute approximate surface area is 77.2 Å². The second-order valence-corrected chi connectivity index (χ2v) is 2.95. The molecule has 1 aromatic rings. The number of hydrogen-bond acceptors (Lipinski definition) is 3. The first-order chi connectivity index (χ1) is 6.09. The molecule has 3 N–H and O–H groups in total. The zero-order valence-corrected chi connectivity index (χ0v) is 7.74. The third kappa shape index (κ3) is 2.83. The van der Waals surface area contributed by atoms with Gasteiger partial charge in [0.25, 0.3) is 0 Å². The highest BCUT2D eigenvalue weighted by Crippen LogP contribution is 2.10. The minimum atomic E-state index is -0.124. The molecule has 0 aromatic carbocycles. The Bertz CT molecular complexity index is 292. The smallest absolute Gasteiger partial charge is 0.222 e. The number of pyridine rings is 1. The number of nitrogens with zero attached hydrogens (tertiary/aromatic N) is 1. The lowest BCUT2D eigenvalue weighted by Gasteiger charge is -2.05. The van der Waals surface area contributed by atoms with Crippen LogP contribution in [0.3, 0.4) is 0 Å². The summed E-state index contributed by atoms with van der Waals surface area (Å²) in [7, 11) is 0. The second kappa shape index (κ2) is 4.00. The van der Waals surface area contributed by atoms with Gasteiger partial charge in [0.2, 0.25) is 5.91 Å². The van der Waals surface area contributed by atoms with Gasteiger partial charge in [-0.15, -0.1) is 0 Å². The normalized spacial score (nSPS) is 12.2. The molecule has 70 valence electrons. The average molecular weight is 179 g/mol. The lowest BCUT2D eigenvalue weighted by atomic mass is 10.2. The molecule has 13 heavy (non-hydrogen) atoms. The number of amides is 1. The van der Waals surface area contributed by atoms with Gasteiger partial charge in [0, 0.05) is 19.2 Å². The molecule has 4 nitrogen and oxygen atoms in total. The van der Waals surface area contributed by atoms with Crippen molar-refractivity contribution in [2.45, 2.75) is 19.9 Å². The van der Waals surface area contributed by atoms with Crippen molar-refractivity contribution >= 4 is 11.7 Å². The van der Waals surface area contributed by atoms with Gasteiger partial charge >= 0.3 is 0 Å². The van der Waals surface area contributed by atoms with E-state index in [4.69, 9.17) is 5.73 Å². The number of carbonyl (C=O) groups is 1. The maximum absolute atomic E-state index is 10.7. The molecule has 0 saturated carbocycles. The molecule has 1 aromatic heterocycles. The molecule has 0 saturated heterocycles. The standard InChI is InChI=1S/C9H13N3O/c1-6(10)8-3-4-9(11-5-8)12-7(2)13/h3-6H,10H2,1-2H3,(H,11,12,13). The summed E-state index contributed by atoms with van der Waals surface area (Å²) in [5.74, 6) is 0.429. The Morgan fingerprint density at radius 2 is 2.31 bits per heavy atom. The molecule has 0 aliphatic carbocycles. The minimum absolute atomic E-state index is 0.0288. The first kappa shape index (κ1) is 9.67. The van der Waals surface area contributed by atoms with Gasteiger partial charge in [-0.1, -0.05) is 6.07 Å². The van der Waals surface area contributed by atoms with E-state index in [1.165, 1.54) is 6.92 Å². The van der Waals surface area contributed by atoms with Crippen LogP contribution < -0.4 is 11.1 Å². The van der Waals surface area contributed by atoms with Gasteiger partial charge in [-0.25, -0.2) is 4.98 Å². The molecule has 1 rings (SSSR count). The maximum Gasteiger partial charge on any atom is 0.222 e. The first-order valence-electron chi connectivity index (χ1n) is 4.08. The summed E-state index contributed by atoms with van der Waals surface area (Å²) >= 11 is 0. The predicted octanol–water partition coefficient (Wildman–Crippen LogP) is 1.06. The molecule has 1 heterocycles. The van der Waals surface area contributed by atoms with Crippen LogP contribution in [0.4, 0.5) is 5.82 Å². The van der Waals surface area contributed by atoms with Crippen molar-refractivity contribution in [2.75, 3.05) is 5.32 Å². The number of nitrogens with one attached hydrogen (secondary N) is 1. The fourth-order valence-electron chi connectivity index (χ4n) is 0.929. The van der Waals surface area contributed by atoms with Crippen LogP contribution in [0.2, 0.25) is 0 Å². The molecule has 0 fully saturated rings. The molecular weight excluding hydrogens is 166 g/mol. The van der Waals surface area contributed by atoms with Crippen LogP contribution in [0, 0.1) is 0 Å². The molecule has 1 unspecified atom stereocenters. The van der Waals surface area contributed by atoms with Gasteiger partial charge in [-0.05, 0) is 18.6 Å². The lowest BCUT2D eigenvalue weighted by molar-refractivity contribution is -0.114. The van der Waals surface area contributed by atoms with Gasteiger partial charge in [0.15, 0.2) is 0 Å². The number of nitrogens with two attached hydrogens (primary N) is 1. The van der Waals surface area contributed by atoms with E-state index in [9.17, 15) is 4.79 Å². The Morgan fingerprint density at radius 3 is 2.69 bits per heavy atom. The molecule has 0 aliphatic heterocycles. The van der Waals surface area contributed by atoms with E-state index in [2.05, 4.69) is 10.3 Å². The highest BCUT2D eigenvalue weighted by atomic mass is 16.1. The van der Waals surface area contributed by atoms with Crippen molar-refractivity contribution in [2.24, 2.45) is 5.73 Å². The summed E-state index contributed by atoms with van der Waals surface area (Å²) in [6.07, 6.45) is 1.66. The monoisotopic (exact) mass is 179 g/mol. The van der Waals surface area contributed by atoms with Crippen molar-refractivity contribution in [3.05, 3.63) is 23.9 Å². The van der Waals surface area contributed by atoms with Crippen molar-refractivity contribution in [3.63, 3.8) is 0 Å². The zero-order valence-electron chi connectivity index (χ0n) is 7.74. The topological polar surface area (TPSA) is 68.0 Å². The van der Waals surface area contributed by atoms with Crippen molar-refractivity contribution in [1.29, 1.82) is 0 Å².